The third-order valence-electron chi connectivity index (χ3n) is 4.48. The number of aromatic nitrogens is 3. The highest BCUT2D eigenvalue weighted by Gasteiger charge is 2.28. The van der Waals surface area contributed by atoms with Gasteiger partial charge in [0.25, 0.3) is 5.91 Å². The molecule has 3 aromatic rings. The largest absolute Gasteiger partial charge is 0.497 e. The van der Waals surface area contributed by atoms with Crippen LogP contribution >= 0.6 is 0 Å². The molecule has 2 aromatic carbocycles. The molecule has 9 heteroatoms. The van der Waals surface area contributed by atoms with Crippen molar-refractivity contribution >= 4 is 11.6 Å². The van der Waals surface area contributed by atoms with Crippen LogP contribution in [0.25, 0.3) is 0 Å². The summed E-state index contributed by atoms with van der Waals surface area (Å²) in [6, 6.07) is 10.6. The van der Waals surface area contributed by atoms with E-state index in [0.29, 0.717) is 12.2 Å². The van der Waals surface area contributed by atoms with Gasteiger partial charge in [0.1, 0.15) is 11.9 Å². The van der Waals surface area contributed by atoms with Crippen LogP contribution in [0, 0.1) is 11.6 Å². The molecule has 1 atom stereocenters. The summed E-state index contributed by atoms with van der Waals surface area (Å²) in [5.74, 6) is -1.86. The number of amides is 1. The van der Waals surface area contributed by atoms with E-state index < -0.39 is 17.5 Å². The van der Waals surface area contributed by atoms with Gasteiger partial charge in [-0.1, -0.05) is 17.3 Å². The van der Waals surface area contributed by atoms with E-state index >= 15 is 0 Å². The molecule has 2 heterocycles. The van der Waals surface area contributed by atoms with Gasteiger partial charge in [0, 0.05) is 11.8 Å². The lowest BCUT2D eigenvalue weighted by Crippen LogP contribution is -2.24. The summed E-state index contributed by atoms with van der Waals surface area (Å²) in [4.78, 5) is 12.5. The summed E-state index contributed by atoms with van der Waals surface area (Å²) < 4.78 is 39.0. The zero-order chi connectivity index (χ0) is 19.7. The first-order valence-electron chi connectivity index (χ1n) is 8.49. The smallest absolute Gasteiger partial charge is 0.278 e. The van der Waals surface area contributed by atoms with Crippen LogP contribution in [-0.4, -0.2) is 28.0 Å². The van der Waals surface area contributed by atoms with Gasteiger partial charge in [0.05, 0.1) is 26.0 Å². The molecule has 0 unspecified atom stereocenters. The van der Waals surface area contributed by atoms with Gasteiger partial charge in [-0.2, -0.15) is 0 Å². The second-order valence-corrected chi connectivity index (χ2v) is 6.22. The predicted molar refractivity (Wildman–Crippen MR) is 94.9 cm³/mol. The Morgan fingerprint density at radius 2 is 2.00 bits per heavy atom. The van der Waals surface area contributed by atoms with Crippen LogP contribution in [0.15, 0.2) is 42.5 Å². The monoisotopic (exact) mass is 386 g/mol. The van der Waals surface area contributed by atoms with Gasteiger partial charge < -0.3 is 14.8 Å². The lowest BCUT2D eigenvalue weighted by atomic mass is 10.1. The topological polar surface area (TPSA) is 78.3 Å². The average Bonchev–Trinajstić information content (AvgIpc) is 3.14. The van der Waals surface area contributed by atoms with Gasteiger partial charge in [-0.15, -0.1) is 5.10 Å². The summed E-state index contributed by atoms with van der Waals surface area (Å²) in [7, 11) is 1.60. The van der Waals surface area contributed by atoms with Crippen LogP contribution in [0.5, 0.6) is 5.75 Å². The minimum Gasteiger partial charge on any atom is -0.497 e. The van der Waals surface area contributed by atoms with Gasteiger partial charge in [0.2, 0.25) is 0 Å². The summed E-state index contributed by atoms with van der Waals surface area (Å²) in [6.45, 7) is 0.539. The number of fused-ring (bicyclic) bond motifs is 1. The first-order valence-corrected chi connectivity index (χ1v) is 8.49. The molecule has 7 nitrogen and oxygen atoms in total. The van der Waals surface area contributed by atoms with Crippen LogP contribution in [0.2, 0.25) is 0 Å². The lowest BCUT2D eigenvalue weighted by molar-refractivity contribution is -0.00173. The van der Waals surface area contributed by atoms with E-state index in [-0.39, 0.29) is 24.1 Å². The molecule has 28 heavy (non-hydrogen) atoms. The normalized spacial score (nSPS) is 15.8. The average molecular weight is 386 g/mol. The SMILES string of the molecule is COc1ccc([C@H]2Cn3nnc(C(=O)Nc4ccc(F)c(F)c4)c3CO2)cc1. The molecule has 4 rings (SSSR count). The Morgan fingerprint density at radius 1 is 1.21 bits per heavy atom. The fraction of sp³-hybridized carbons (Fsp3) is 0.211. The van der Waals surface area contributed by atoms with E-state index in [2.05, 4.69) is 15.6 Å². The molecule has 0 saturated carbocycles. The third-order valence-corrected chi connectivity index (χ3v) is 4.48. The van der Waals surface area contributed by atoms with Gasteiger partial charge in [-0.25, -0.2) is 13.5 Å². The summed E-state index contributed by atoms with van der Waals surface area (Å²) in [5, 5.41) is 10.4. The zero-order valence-electron chi connectivity index (χ0n) is 14.9. The number of carbonyl (C=O) groups is 1. The first kappa shape index (κ1) is 18.1. The number of hydrogen-bond donors (Lipinski definition) is 1. The maximum atomic E-state index is 13.3. The van der Waals surface area contributed by atoms with Gasteiger partial charge >= 0.3 is 0 Å². The Kier molecular flexibility index (Phi) is 4.74. The van der Waals surface area contributed by atoms with Crippen LogP contribution in [0.4, 0.5) is 14.5 Å². The second-order valence-electron chi connectivity index (χ2n) is 6.22. The second kappa shape index (κ2) is 7.35. The molecule has 1 aliphatic heterocycles. The van der Waals surface area contributed by atoms with Crippen molar-refractivity contribution in [3.8, 4) is 5.75 Å². The number of benzene rings is 2. The molecule has 0 fully saturated rings. The highest BCUT2D eigenvalue weighted by molar-refractivity contribution is 6.03. The molecule has 1 N–H and O–H groups in total. The number of carbonyl (C=O) groups excluding carboxylic acids is 1. The van der Waals surface area contributed by atoms with E-state index in [0.717, 1.165) is 23.4 Å². The van der Waals surface area contributed by atoms with Crippen LogP contribution in [0.1, 0.15) is 27.8 Å². The van der Waals surface area contributed by atoms with E-state index in [1.54, 1.807) is 11.8 Å². The number of anilines is 1. The Morgan fingerprint density at radius 3 is 2.71 bits per heavy atom. The Balaban J connectivity index is 1.49. The number of hydrogen-bond acceptors (Lipinski definition) is 5. The number of nitrogens with zero attached hydrogens (tertiary/aromatic N) is 3. The van der Waals surface area contributed by atoms with Gasteiger partial charge in [-0.3, -0.25) is 4.79 Å². The van der Waals surface area contributed by atoms with E-state index in [4.69, 9.17) is 9.47 Å². The van der Waals surface area contributed by atoms with Crippen molar-refractivity contribution < 1.29 is 23.0 Å². The Labute approximate surface area is 158 Å². The summed E-state index contributed by atoms with van der Waals surface area (Å²) in [6.07, 6.45) is -0.234. The molecule has 1 aromatic heterocycles. The van der Waals surface area contributed by atoms with Crippen molar-refractivity contribution in [2.24, 2.45) is 0 Å². The number of halogens is 2. The standard InChI is InChI=1S/C19H16F2N4O3/c1-27-13-5-2-11(3-6-13)17-9-25-16(10-28-17)18(23-24-25)19(26)22-12-4-7-14(20)15(21)8-12/h2-8,17H,9-10H2,1H3,(H,22,26)/t17-/m1/s1. The highest BCUT2D eigenvalue weighted by Crippen LogP contribution is 2.28. The number of methoxy groups -OCH3 is 1. The lowest BCUT2D eigenvalue weighted by Gasteiger charge is -2.24. The van der Waals surface area contributed by atoms with Crippen molar-refractivity contribution in [3.63, 3.8) is 0 Å². The van der Waals surface area contributed by atoms with Gasteiger partial charge in [-0.05, 0) is 29.8 Å². The van der Waals surface area contributed by atoms with Crippen molar-refractivity contribution in [3.05, 3.63) is 71.1 Å². The van der Waals surface area contributed by atoms with Gasteiger partial charge in [0.15, 0.2) is 17.3 Å². The third kappa shape index (κ3) is 3.44. The minimum atomic E-state index is -1.05. The Bertz CT molecular complexity index is 1020. The number of rotatable bonds is 4. The van der Waals surface area contributed by atoms with Crippen molar-refractivity contribution in [2.45, 2.75) is 19.3 Å². The molecular weight excluding hydrogens is 370 g/mol. The predicted octanol–water partition coefficient (Wildman–Crippen LogP) is 3.09. The fourth-order valence-electron chi connectivity index (χ4n) is 2.97. The van der Waals surface area contributed by atoms with Crippen molar-refractivity contribution in [1.82, 2.24) is 15.0 Å². The van der Waals surface area contributed by atoms with E-state index in [9.17, 15) is 13.6 Å². The van der Waals surface area contributed by atoms with E-state index in [1.165, 1.54) is 6.07 Å². The maximum Gasteiger partial charge on any atom is 0.278 e. The number of nitrogens with one attached hydrogen (secondary N) is 1. The molecule has 0 spiro atoms. The van der Waals surface area contributed by atoms with Crippen LogP contribution in [0.3, 0.4) is 0 Å². The molecule has 144 valence electrons. The summed E-state index contributed by atoms with van der Waals surface area (Å²) in [5.41, 5.74) is 1.68. The summed E-state index contributed by atoms with van der Waals surface area (Å²) >= 11 is 0. The molecule has 0 radical (unpaired) electrons. The van der Waals surface area contributed by atoms with Crippen molar-refractivity contribution in [2.75, 3.05) is 12.4 Å². The molecule has 1 amide bonds. The quantitative estimate of drug-likeness (QED) is 0.746. The molecule has 0 bridgehead atoms. The van der Waals surface area contributed by atoms with Crippen molar-refractivity contribution in [1.29, 1.82) is 0 Å². The molecule has 0 aliphatic carbocycles. The minimum absolute atomic E-state index is 0.0814. The van der Waals surface area contributed by atoms with Crippen LogP contribution in [-0.2, 0) is 17.9 Å². The number of ether oxygens (including phenoxy) is 2. The maximum absolute atomic E-state index is 13.3. The highest BCUT2D eigenvalue weighted by atomic mass is 19.2. The first-order chi connectivity index (χ1) is 13.5. The fourth-order valence-corrected chi connectivity index (χ4v) is 2.97. The molecular formula is C19H16F2N4O3. The zero-order valence-corrected chi connectivity index (χ0v) is 14.9. The Hall–Kier alpha value is -3.33. The molecule has 1 aliphatic rings. The van der Waals surface area contributed by atoms with Crippen LogP contribution < -0.4 is 10.1 Å². The molecule has 0 saturated heterocycles. The van der Waals surface area contributed by atoms with E-state index in [1.807, 2.05) is 24.3 Å².